The van der Waals surface area contributed by atoms with Gasteiger partial charge in [0.1, 0.15) is 5.75 Å². The summed E-state index contributed by atoms with van der Waals surface area (Å²) >= 11 is 0. The molecule has 3 heterocycles. The minimum Gasteiger partial charge on any atom is -0.493 e. The number of rotatable bonds is 9. The van der Waals surface area contributed by atoms with Crippen molar-refractivity contribution in [3.05, 3.63) is 41.5 Å². The van der Waals surface area contributed by atoms with Crippen molar-refractivity contribution in [2.75, 3.05) is 60.3 Å². The van der Waals surface area contributed by atoms with Crippen molar-refractivity contribution in [1.82, 2.24) is 9.80 Å². The molecule has 1 atom stereocenters. The number of halogens is 1. The molecule has 2 aromatic rings. The zero-order chi connectivity index (χ0) is 24.2. The smallest absolute Gasteiger partial charge is 0.254 e. The Morgan fingerprint density at radius 3 is 2.64 bits per heavy atom. The highest BCUT2D eigenvalue weighted by molar-refractivity contribution is 5.97. The number of piperidine rings is 1. The lowest BCUT2D eigenvalue weighted by molar-refractivity contribution is 0.0658. The third-order valence-corrected chi connectivity index (χ3v) is 7.09. The van der Waals surface area contributed by atoms with E-state index in [-0.39, 0.29) is 25.1 Å². The molecule has 0 saturated carbocycles. The van der Waals surface area contributed by atoms with Crippen molar-refractivity contribution in [3.63, 3.8) is 0 Å². The molecule has 1 saturated heterocycles. The van der Waals surface area contributed by atoms with Crippen LogP contribution in [0.15, 0.2) is 30.3 Å². The number of carbonyl (C=O) groups is 1. The molecule has 36 heavy (non-hydrogen) atoms. The molecule has 0 aromatic heterocycles. The van der Waals surface area contributed by atoms with Gasteiger partial charge in [-0.25, -0.2) is 0 Å². The molecule has 0 spiro atoms. The van der Waals surface area contributed by atoms with Crippen molar-refractivity contribution in [2.45, 2.75) is 25.7 Å². The van der Waals surface area contributed by atoms with Crippen molar-refractivity contribution in [3.8, 4) is 28.7 Å². The van der Waals surface area contributed by atoms with E-state index in [9.17, 15) is 4.79 Å². The van der Waals surface area contributed by atoms with Gasteiger partial charge in [-0.1, -0.05) is 0 Å². The minimum atomic E-state index is 0. The van der Waals surface area contributed by atoms with E-state index in [0.717, 1.165) is 74.6 Å². The van der Waals surface area contributed by atoms with Crippen LogP contribution in [-0.4, -0.2) is 76.1 Å². The maximum absolute atomic E-state index is 13.2. The molecule has 0 bridgehead atoms. The van der Waals surface area contributed by atoms with E-state index in [1.807, 2.05) is 35.2 Å². The number of methoxy groups -OCH3 is 2. The van der Waals surface area contributed by atoms with Crippen molar-refractivity contribution >= 4 is 18.3 Å². The maximum atomic E-state index is 13.2. The number of fused-ring (bicyclic) bond motifs is 2. The molecule has 0 radical (unpaired) electrons. The lowest BCUT2D eigenvalue weighted by Gasteiger charge is -2.37. The average molecular weight is 519 g/mol. The second kappa shape index (κ2) is 11.9. The standard InChI is InChI=1S/C27H34N2O6.ClH/c1-31-23-7-6-21(14-24(23)32-2)33-12-4-10-28-9-3-5-19(16-28)17-29-11-8-20-13-25-26(35-18-34-25)15-22(20)27(29)30;/h6-7,13-15,19H,3-5,8-12,16-18H2,1-2H3;1H. The van der Waals surface area contributed by atoms with Crippen LogP contribution in [0.5, 0.6) is 28.7 Å². The molecular weight excluding hydrogens is 484 g/mol. The molecule has 3 aliphatic heterocycles. The predicted octanol–water partition coefficient (Wildman–Crippen LogP) is 4.03. The number of carbonyl (C=O) groups excluding carboxylic acids is 1. The van der Waals surface area contributed by atoms with E-state index in [2.05, 4.69) is 4.90 Å². The molecule has 1 amide bonds. The van der Waals surface area contributed by atoms with Gasteiger partial charge >= 0.3 is 0 Å². The van der Waals surface area contributed by atoms with Crippen LogP contribution in [0.4, 0.5) is 0 Å². The number of likely N-dealkylation sites (tertiary alicyclic amines) is 1. The molecule has 2 aromatic carbocycles. The van der Waals surface area contributed by atoms with Crippen LogP contribution in [0, 0.1) is 5.92 Å². The van der Waals surface area contributed by atoms with Crippen LogP contribution in [0.25, 0.3) is 0 Å². The largest absolute Gasteiger partial charge is 0.493 e. The second-order valence-corrected chi connectivity index (χ2v) is 9.39. The normalized spacial score (nSPS) is 18.9. The number of benzene rings is 2. The maximum Gasteiger partial charge on any atom is 0.254 e. The van der Waals surface area contributed by atoms with E-state index in [0.29, 0.717) is 29.8 Å². The van der Waals surface area contributed by atoms with Gasteiger partial charge in [-0.05, 0) is 68.0 Å². The Morgan fingerprint density at radius 1 is 1.03 bits per heavy atom. The highest BCUT2D eigenvalue weighted by Gasteiger charge is 2.30. The number of hydrogen-bond donors (Lipinski definition) is 0. The Bertz CT molecular complexity index is 1060. The molecule has 0 aliphatic carbocycles. The highest BCUT2D eigenvalue weighted by atomic mass is 35.5. The fraction of sp³-hybridized carbons (Fsp3) is 0.519. The number of amides is 1. The summed E-state index contributed by atoms with van der Waals surface area (Å²) < 4.78 is 27.5. The minimum absolute atomic E-state index is 0. The Labute approximate surface area is 218 Å². The van der Waals surface area contributed by atoms with Gasteiger partial charge in [-0.2, -0.15) is 0 Å². The van der Waals surface area contributed by atoms with Crippen molar-refractivity contribution in [1.29, 1.82) is 0 Å². The van der Waals surface area contributed by atoms with Crippen molar-refractivity contribution in [2.24, 2.45) is 5.92 Å². The lowest BCUT2D eigenvalue weighted by atomic mass is 9.94. The summed E-state index contributed by atoms with van der Waals surface area (Å²) in [6.07, 6.45) is 4.14. The fourth-order valence-electron chi connectivity index (χ4n) is 5.29. The highest BCUT2D eigenvalue weighted by Crippen LogP contribution is 2.37. The van der Waals surface area contributed by atoms with E-state index in [4.69, 9.17) is 23.7 Å². The molecule has 1 unspecified atom stereocenters. The summed E-state index contributed by atoms with van der Waals surface area (Å²) in [5.41, 5.74) is 1.83. The summed E-state index contributed by atoms with van der Waals surface area (Å²) in [7, 11) is 3.25. The predicted molar refractivity (Wildman–Crippen MR) is 138 cm³/mol. The molecule has 1 fully saturated rings. The monoisotopic (exact) mass is 518 g/mol. The first-order valence-corrected chi connectivity index (χ1v) is 12.4. The molecule has 9 heteroatoms. The van der Waals surface area contributed by atoms with Crippen LogP contribution < -0.4 is 23.7 Å². The molecule has 0 N–H and O–H groups in total. The fourth-order valence-corrected chi connectivity index (χ4v) is 5.29. The first-order chi connectivity index (χ1) is 17.1. The summed E-state index contributed by atoms with van der Waals surface area (Å²) in [6, 6.07) is 9.45. The second-order valence-electron chi connectivity index (χ2n) is 9.39. The Hall–Kier alpha value is -2.84. The van der Waals surface area contributed by atoms with Gasteiger partial charge in [-0.15, -0.1) is 12.4 Å². The van der Waals surface area contributed by atoms with Crippen LogP contribution in [0.3, 0.4) is 0 Å². The van der Waals surface area contributed by atoms with Crippen LogP contribution in [0.2, 0.25) is 0 Å². The van der Waals surface area contributed by atoms with Gasteiger partial charge in [0, 0.05) is 37.8 Å². The SMILES string of the molecule is COc1ccc(OCCCN2CCCC(CN3CCc4cc5c(cc4C3=O)OCO5)C2)cc1OC.Cl. The van der Waals surface area contributed by atoms with Crippen molar-refractivity contribution < 1.29 is 28.5 Å². The van der Waals surface area contributed by atoms with Crippen LogP contribution in [0.1, 0.15) is 35.2 Å². The van der Waals surface area contributed by atoms with E-state index < -0.39 is 0 Å². The summed E-state index contributed by atoms with van der Waals surface area (Å²) in [4.78, 5) is 17.7. The van der Waals surface area contributed by atoms with Crippen LogP contribution in [-0.2, 0) is 6.42 Å². The number of nitrogens with zero attached hydrogens (tertiary/aromatic N) is 2. The Balaban J connectivity index is 0.00000304. The van der Waals surface area contributed by atoms with Crippen LogP contribution >= 0.6 is 12.4 Å². The third-order valence-electron chi connectivity index (χ3n) is 7.09. The number of ether oxygens (including phenoxy) is 5. The zero-order valence-corrected chi connectivity index (χ0v) is 21.8. The zero-order valence-electron chi connectivity index (χ0n) is 21.0. The van der Waals surface area contributed by atoms with Gasteiger partial charge in [0.05, 0.1) is 20.8 Å². The first-order valence-electron chi connectivity index (χ1n) is 12.4. The van der Waals surface area contributed by atoms with Gasteiger partial charge in [0.2, 0.25) is 6.79 Å². The molecular formula is C27H35ClN2O6. The molecule has 8 nitrogen and oxygen atoms in total. The Kier molecular flexibility index (Phi) is 8.69. The quantitative estimate of drug-likeness (QED) is 0.464. The van der Waals surface area contributed by atoms with Gasteiger partial charge in [0.15, 0.2) is 23.0 Å². The summed E-state index contributed by atoms with van der Waals surface area (Å²) in [5, 5.41) is 0. The molecule has 196 valence electrons. The first kappa shape index (κ1) is 26.2. The van der Waals surface area contributed by atoms with E-state index in [1.54, 1.807) is 14.2 Å². The average Bonchev–Trinajstić information content (AvgIpc) is 3.35. The van der Waals surface area contributed by atoms with E-state index in [1.165, 1.54) is 6.42 Å². The molecule has 5 rings (SSSR count). The summed E-state index contributed by atoms with van der Waals surface area (Å²) in [6.45, 7) is 5.57. The number of hydrogen-bond acceptors (Lipinski definition) is 7. The van der Waals surface area contributed by atoms with Gasteiger partial charge in [0.25, 0.3) is 5.91 Å². The topological polar surface area (TPSA) is 69.7 Å². The Morgan fingerprint density at radius 2 is 1.83 bits per heavy atom. The lowest BCUT2D eigenvalue weighted by Crippen LogP contribution is -2.45. The third kappa shape index (κ3) is 5.76. The van der Waals surface area contributed by atoms with Gasteiger partial charge in [-0.3, -0.25) is 4.79 Å². The van der Waals surface area contributed by atoms with Gasteiger partial charge < -0.3 is 33.5 Å². The summed E-state index contributed by atoms with van der Waals surface area (Å²) in [5.74, 6) is 4.19. The van der Waals surface area contributed by atoms with E-state index >= 15 is 0 Å². The molecule has 3 aliphatic rings.